The first-order valence-corrected chi connectivity index (χ1v) is 8.01. The van der Waals surface area contributed by atoms with Crippen LogP contribution in [0.3, 0.4) is 0 Å². The van der Waals surface area contributed by atoms with Gasteiger partial charge in [-0.15, -0.1) is 0 Å². The van der Waals surface area contributed by atoms with Gasteiger partial charge in [0.15, 0.2) is 0 Å². The molecule has 0 fully saturated rings. The molecule has 2 N–H and O–H groups in total. The Balaban J connectivity index is 0. The number of hydrogen-bond donors (Lipinski definition) is 2. The first-order chi connectivity index (χ1) is 3.41. The molecule has 0 bridgehead atoms. The molecule has 0 amide bonds. The summed E-state index contributed by atoms with van der Waals surface area (Å²) in [5, 5.41) is 0. The molecular formula is H2MoO4S3. The summed E-state index contributed by atoms with van der Waals surface area (Å²) in [5.74, 6) is 0. The minimum absolute atomic E-state index is 0.363. The van der Waals surface area contributed by atoms with E-state index in [1.807, 2.05) is 0 Å². The summed E-state index contributed by atoms with van der Waals surface area (Å²) in [5.41, 5.74) is 0. The number of hydrogen-bond acceptors (Lipinski definition) is 4. The predicted octanol–water partition coefficient (Wildman–Crippen LogP) is 0.641. The fourth-order valence-corrected chi connectivity index (χ4v) is 0. The zero-order valence-electron chi connectivity index (χ0n) is 3.34. The van der Waals surface area contributed by atoms with Crippen LogP contribution in [-0.4, -0.2) is 17.5 Å². The molecule has 50 valence electrons. The molecule has 0 spiro atoms. The molecule has 0 rings (SSSR count). The van der Waals surface area contributed by atoms with Crippen molar-refractivity contribution in [3.63, 3.8) is 0 Å². The third-order valence-corrected chi connectivity index (χ3v) is 0. The summed E-state index contributed by atoms with van der Waals surface area (Å²) < 4.78 is 31.6. The van der Waals surface area contributed by atoms with Crippen LogP contribution < -0.4 is 0 Å². The van der Waals surface area contributed by atoms with E-state index in [2.05, 4.69) is 19.6 Å². The minimum atomic E-state index is -4.67. The second kappa shape index (κ2) is 6.12. The molecule has 0 radical (unpaired) electrons. The molecule has 0 unspecified atom stereocenters. The van der Waals surface area contributed by atoms with Gasteiger partial charge < -0.3 is 0 Å². The Labute approximate surface area is 62.3 Å². The molecule has 0 atom stereocenters. The SMILES string of the molecule is O=S(=O)(O)O.[S]=[Mo]=[S]. The van der Waals surface area contributed by atoms with E-state index < -0.39 is 10.4 Å². The van der Waals surface area contributed by atoms with Gasteiger partial charge >= 0.3 is 45.0 Å². The van der Waals surface area contributed by atoms with Crippen molar-refractivity contribution < 1.29 is 32.4 Å². The Morgan fingerprint density at radius 3 is 1.25 bits per heavy atom. The van der Waals surface area contributed by atoms with Crippen molar-refractivity contribution in [1.82, 2.24) is 0 Å². The zero-order chi connectivity index (χ0) is 7.21. The second-order valence-electron chi connectivity index (χ2n) is 0.516. The third-order valence-electron chi connectivity index (χ3n) is 0. The van der Waals surface area contributed by atoms with Gasteiger partial charge in [0, 0.05) is 0 Å². The van der Waals surface area contributed by atoms with Gasteiger partial charge in [-0.1, -0.05) is 0 Å². The Morgan fingerprint density at radius 1 is 1.25 bits per heavy atom. The summed E-state index contributed by atoms with van der Waals surface area (Å²) in [6, 6.07) is 0. The molecule has 0 aliphatic rings. The van der Waals surface area contributed by atoms with Crippen LogP contribution >= 0.6 is 19.6 Å². The molecule has 0 aliphatic carbocycles. The summed E-state index contributed by atoms with van der Waals surface area (Å²) in [6.07, 6.45) is 0. The number of rotatable bonds is 0. The molecule has 0 aliphatic heterocycles. The molecule has 0 saturated heterocycles. The van der Waals surface area contributed by atoms with Crippen LogP contribution in [0.25, 0.3) is 0 Å². The molecular weight excluding hydrogens is 256 g/mol. The molecule has 0 heterocycles. The maximum atomic E-state index is 8.74. The van der Waals surface area contributed by atoms with Gasteiger partial charge in [-0.3, -0.25) is 9.11 Å². The zero-order valence-corrected chi connectivity index (χ0v) is 7.80. The van der Waals surface area contributed by atoms with Crippen molar-refractivity contribution in [3.8, 4) is 0 Å². The van der Waals surface area contributed by atoms with Crippen molar-refractivity contribution in [3.05, 3.63) is 0 Å². The van der Waals surface area contributed by atoms with E-state index in [-0.39, 0.29) is 14.9 Å². The van der Waals surface area contributed by atoms with E-state index in [9.17, 15) is 0 Å². The van der Waals surface area contributed by atoms with Gasteiger partial charge in [-0.25, -0.2) is 0 Å². The van der Waals surface area contributed by atoms with Crippen molar-refractivity contribution in [2.24, 2.45) is 0 Å². The van der Waals surface area contributed by atoms with E-state index >= 15 is 0 Å². The Morgan fingerprint density at radius 2 is 1.25 bits per heavy atom. The van der Waals surface area contributed by atoms with Crippen molar-refractivity contribution >= 4 is 30.0 Å². The van der Waals surface area contributed by atoms with Crippen molar-refractivity contribution in [1.29, 1.82) is 0 Å². The van der Waals surface area contributed by atoms with Gasteiger partial charge in [-0.2, -0.15) is 8.42 Å². The first kappa shape index (κ1) is 11.8. The van der Waals surface area contributed by atoms with Crippen LogP contribution in [0.1, 0.15) is 0 Å². The van der Waals surface area contributed by atoms with Crippen LogP contribution in [0.5, 0.6) is 0 Å². The Kier molecular flexibility index (Phi) is 9.00. The van der Waals surface area contributed by atoms with Crippen LogP contribution in [0.2, 0.25) is 0 Å². The van der Waals surface area contributed by atoms with Gasteiger partial charge in [-0.05, 0) is 0 Å². The second-order valence-corrected chi connectivity index (χ2v) is 4.97. The van der Waals surface area contributed by atoms with Crippen molar-refractivity contribution in [2.45, 2.75) is 0 Å². The summed E-state index contributed by atoms with van der Waals surface area (Å²) in [4.78, 5) is 0. The van der Waals surface area contributed by atoms with Crippen LogP contribution in [0.15, 0.2) is 0 Å². The van der Waals surface area contributed by atoms with Crippen LogP contribution in [0.4, 0.5) is 0 Å². The first-order valence-electron chi connectivity index (χ1n) is 1.03. The van der Waals surface area contributed by atoms with Gasteiger partial charge in [0.05, 0.1) is 0 Å². The summed E-state index contributed by atoms with van der Waals surface area (Å²) >= 11 is -0.363. The van der Waals surface area contributed by atoms with Crippen molar-refractivity contribution in [2.75, 3.05) is 0 Å². The molecule has 0 saturated carbocycles. The molecule has 0 aromatic carbocycles. The monoisotopic (exact) mass is 260 g/mol. The Bertz CT molecular complexity index is 152. The molecule has 4 nitrogen and oxygen atoms in total. The fourth-order valence-electron chi connectivity index (χ4n) is 0. The van der Waals surface area contributed by atoms with Gasteiger partial charge in [0.25, 0.3) is 0 Å². The van der Waals surface area contributed by atoms with Gasteiger partial charge in [0.2, 0.25) is 0 Å². The van der Waals surface area contributed by atoms with E-state index in [1.54, 1.807) is 0 Å². The molecule has 8 heteroatoms. The van der Waals surface area contributed by atoms with E-state index in [1.165, 1.54) is 0 Å². The standard InChI is InChI=1S/Mo.H2O4S.2S/c;1-5(2,3)4;;/h;(H2,1,2,3,4);;. The summed E-state index contributed by atoms with van der Waals surface area (Å²) in [7, 11) is 4.01. The Hall–Kier alpha value is 0.998. The third kappa shape index (κ3) is 253. The average molecular weight is 258 g/mol. The van der Waals surface area contributed by atoms with Crippen LogP contribution in [0, 0.1) is 0 Å². The molecule has 0 aromatic rings. The molecule has 0 aromatic heterocycles. The predicted molar refractivity (Wildman–Crippen MR) is 29.4 cm³/mol. The maximum absolute atomic E-state index is 8.74. The normalized spacial score (nSPS) is 8.75. The van der Waals surface area contributed by atoms with Crippen LogP contribution in [-0.2, 0) is 25.3 Å². The van der Waals surface area contributed by atoms with Gasteiger partial charge in [0.1, 0.15) is 0 Å². The topological polar surface area (TPSA) is 74.6 Å². The average Bonchev–Trinajstić information content (AvgIpc) is 1.27. The van der Waals surface area contributed by atoms with E-state index in [0.29, 0.717) is 0 Å². The molecule has 8 heavy (non-hydrogen) atoms. The quantitative estimate of drug-likeness (QED) is 0.490. The van der Waals surface area contributed by atoms with E-state index in [4.69, 9.17) is 17.5 Å². The summed E-state index contributed by atoms with van der Waals surface area (Å²) in [6.45, 7) is 0. The fraction of sp³-hybridized carbons (Fsp3) is 0. The van der Waals surface area contributed by atoms with E-state index in [0.717, 1.165) is 0 Å².